The van der Waals surface area contributed by atoms with Gasteiger partial charge in [-0.15, -0.1) is 0 Å². The van der Waals surface area contributed by atoms with Crippen LogP contribution in [0, 0.1) is 13.8 Å². The van der Waals surface area contributed by atoms with E-state index in [0.717, 1.165) is 77.6 Å². The van der Waals surface area contributed by atoms with Crippen molar-refractivity contribution >= 4 is 61.2 Å². The van der Waals surface area contributed by atoms with Crippen LogP contribution in [0.3, 0.4) is 0 Å². The summed E-state index contributed by atoms with van der Waals surface area (Å²) in [6, 6.07) is 33.7. The molecule has 8 rings (SSSR count). The quantitative estimate of drug-likeness (QED) is 0.203. The zero-order valence-electron chi connectivity index (χ0n) is 26.4. The van der Waals surface area contributed by atoms with E-state index in [0.29, 0.717) is 0 Å². The summed E-state index contributed by atoms with van der Waals surface area (Å²) < 4.78 is 12.5. The summed E-state index contributed by atoms with van der Waals surface area (Å²) in [5.41, 5.74) is 14.8. The minimum atomic E-state index is 0.885. The average Bonchev–Trinajstić information content (AvgIpc) is 3.63. The lowest BCUT2D eigenvalue weighted by atomic mass is 9.89. The van der Waals surface area contributed by atoms with E-state index in [2.05, 4.69) is 131 Å². The second-order valence-corrected chi connectivity index (χ2v) is 12.0. The van der Waals surface area contributed by atoms with Crippen LogP contribution in [0.5, 0.6) is 0 Å². The number of benzene rings is 5. The molecule has 3 heteroatoms. The van der Waals surface area contributed by atoms with E-state index >= 15 is 0 Å². The van der Waals surface area contributed by atoms with Gasteiger partial charge in [0.1, 0.15) is 22.3 Å². The van der Waals surface area contributed by atoms with Crippen molar-refractivity contribution in [3.05, 3.63) is 155 Å². The molecule has 0 fully saturated rings. The van der Waals surface area contributed by atoms with Crippen LogP contribution in [0.4, 0.5) is 0 Å². The zero-order valence-corrected chi connectivity index (χ0v) is 26.4. The fraction of sp³-hybridized carbons (Fsp3) is 0.0930. The predicted octanol–water partition coefficient (Wildman–Crippen LogP) is 12.2. The lowest BCUT2D eigenvalue weighted by Crippen LogP contribution is -2.03. The molecule has 1 aliphatic carbocycles. The number of fused-ring (bicyclic) bond motifs is 6. The number of allylic oxidation sites excluding steroid dienone is 7. The van der Waals surface area contributed by atoms with E-state index in [9.17, 15) is 0 Å². The fourth-order valence-electron chi connectivity index (χ4n) is 6.76. The van der Waals surface area contributed by atoms with Gasteiger partial charge in [-0.3, -0.25) is 4.99 Å². The van der Waals surface area contributed by atoms with Gasteiger partial charge in [0.2, 0.25) is 0 Å². The summed E-state index contributed by atoms with van der Waals surface area (Å²) in [6.07, 6.45) is 10.8. The molecule has 0 unspecified atom stereocenters. The normalized spacial score (nSPS) is 15.7. The molecule has 1 aliphatic rings. The molecule has 0 radical (unpaired) electrons. The lowest BCUT2D eigenvalue weighted by Gasteiger charge is -2.15. The van der Waals surface area contributed by atoms with Crippen LogP contribution >= 0.6 is 0 Å². The number of aryl methyl sites for hydroxylation is 1. The minimum Gasteiger partial charge on any atom is -0.456 e. The molecule has 0 N–H and O–H groups in total. The molecule has 222 valence electrons. The van der Waals surface area contributed by atoms with E-state index in [1.807, 2.05) is 24.3 Å². The minimum absolute atomic E-state index is 0.885. The van der Waals surface area contributed by atoms with Crippen molar-refractivity contribution in [3.63, 3.8) is 0 Å². The van der Waals surface area contributed by atoms with E-state index in [-0.39, 0.29) is 0 Å². The molecule has 5 aromatic carbocycles. The smallest absolute Gasteiger partial charge is 0.136 e. The fourth-order valence-corrected chi connectivity index (χ4v) is 6.76. The van der Waals surface area contributed by atoms with Gasteiger partial charge >= 0.3 is 0 Å². The standard InChI is InChI=1S/C43H33NO2/c1-5-29-18-19-31(30-20-21-40-36(23-30)34-14-8-10-16-38(34)45-40)24-37(29)44-27(3)22-32-25-41-43(35-15-9-11-17-39(35)46-41)42(28(32)4)33-13-7-6-12-26(33)2/h5-25H,1-4H3/b27-22+,29-5+,44-37+. The summed E-state index contributed by atoms with van der Waals surface area (Å²) in [7, 11) is 0. The Balaban J connectivity index is 1.25. The highest BCUT2D eigenvalue weighted by Gasteiger charge is 2.19. The predicted molar refractivity (Wildman–Crippen MR) is 194 cm³/mol. The summed E-state index contributed by atoms with van der Waals surface area (Å²) in [4.78, 5) is 5.18. The van der Waals surface area contributed by atoms with Gasteiger partial charge in [0, 0.05) is 27.2 Å². The van der Waals surface area contributed by atoms with Crippen molar-refractivity contribution in [3.8, 4) is 11.1 Å². The first-order valence-electron chi connectivity index (χ1n) is 15.7. The molecular formula is C43H33NO2. The van der Waals surface area contributed by atoms with Crippen molar-refractivity contribution in [2.75, 3.05) is 0 Å². The van der Waals surface area contributed by atoms with Gasteiger partial charge in [-0.25, -0.2) is 0 Å². The van der Waals surface area contributed by atoms with Crippen molar-refractivity contribution in [2.24, 2.45) is 4.99 Å². The maximum atomic E-state index is 6.43. The monoisotopic (exact) mass is 595 g/mol. The Morgan fingerprint density at radius 2 is 1.39 bits per heavy atom. The maximum absolute atomic E-state index is 6.43. The summed E-state index contributed by atoms with van der Waals surface area (Å²) in [5.74, 6) is 0. The number of aliphatic imine (C=N–C) groups is 1. The van der Waals surface area contributed by atoms with Crippen LogP contribution in [0.2, 0.25) is 0 Å². The number of hydrogen-bond acceptors (Lipinski definition) is 3. The third-order valence-corrected chi connectivity index (χ3v) is 9.09. The molecule has 0 aliphatic heterocycles. The van der Waals surface area contributed by atoms with E-state index < -0.39 is 0 Å². The molecule has 0 spiro atoms. The topological polar surface area (TPSA) is 38.6 Å². The van der Waals surface area contributed by atoms with Crippen LogP contribution in [-0.2, 0) is 0 Å². The molecule has 2 heterocycles. The van der Waals surface area contributed by atoms with Gasteiger partial charge in [-0.1, -0.05) is 85.0 Å². The van der Waals surface area contributed by atoms with Crippen molar-refractivity contribution in [1.82, 2.24) is 0 Å². The third kappa shape index (κ3) is 4.64. The van der Waals surface area contributed by atoms with Crippen LogP contribution < -0.4 is 0 Å². The molecule has 2 aromatic heterocycles. The Morgan fingerprint density at radius 1 is 0.696 bits per heavy atom. The highest BCUT2D eigenvalue weighted by molar-refractivity contribution is 6.18. The molecule has 0 saturated heterocycles. The van der Waals surface area contributed by atoms with E-state index in [4.69, 9.17) is 13.8 Å². The van der Waals surface area contributed by atoms with Crippen molar-refractivity contribution < 1.29 is 8.83 Å². The second-order valence-electron chi connectivity index (χ2n) is 12.0. The molecular weight excluding hydrogens is 562 g/mol. The van der Waals surface area contributed by atoms with Crippen molar-refractivity contribution in [2.45, 2.75) is 27.7 Å². The Bertz CT molecular complexity index is 2510. The zero-order chi connectivity index (χ0) is 31.4. The molecule has 0 bridgehead atoms. The summed E-state index contributed by atoms with van der Waals surface area (Å²) in [5, 5.41) is 4.54. The second kappa shape index (κ2) is 11.0. The number of furan rings is 2. The van der Waals surface area contributed by atoms with Crippen LogP contribution in [-0.4, -0.2) is 5.71 Å². The van der Waals surface area contributed by atoms with Crippen LogP contribution in [0.25, 0.3) is 66.7 Å². The van der Waals surface area contributed by atoms with Crippen LogP contribution in [0.1, 0.15) is 36.1 Å². The molecule has 0 amide bonds. The third-order valence-electron chi connectivity index (χ3n) is 9.09. The molecule has 0 saturated carbocycles. The van der Waals surface area contributed by atoms with Crippen molar-refractivity contribution in [1.29, 1.82) is 0 Å². The number of nitrogens with zero attached hydrogens (tertiary/aromatic N) is 1. The first kappa shape index (κ1) is 27.8. The number of para-hydroxylation sites is 2. The molecule has 3 nitrogen and oxygen atoms in total. The molecule has 7 aromatic rings. The first-order valence-corrected chi connectivity index (χ1v) is 15.7. The van der Waals surface area contributed by atoms with Gasteiger partial charge < -0.3 is 8.83 Å². The Kier molecular flexibility index (Phi) is 6.69. The maximum Gasteiger partial charge on any atom is 0.136 e. The highest BCUT2D eigenvalue weighted by atomic mass is 16.3. The Morgan fingerprint density at radius 3 is 2.20 bits per heavy atom. The van der Waals surface area contributed by atoms with E-state index in [1.165, 1.54) is 22.3 Å². The highest BCUT2D eigenvalue weighted by Crippen LogP contribution is 2.42. The largest absolute Gasteiger partial charge is 0.456 e. The van der Waals surface area contributed by atoms with Gasteiger partial charge in [0.25, 0.3) is 0 Å². The van der Waals surface area contributed by atoms with Gasteiger partial charge in [0.15, 0.2) is 0 Å². The van der Waals surface area contributed by atoms with Gasteiger partial charge in [-0.2, -0.15) is 0 Å². The van der Waals surface area contributed by atoms with Gasteiger partial charge in [-0.05, 0) is 115 Å². The first-order chi connectivity index (χ1) is 22.5. The molecule has 46 heavy (non-hydrogen) atoms. The summed E-state index contributed by atoms with van der Waals surface area (Å²) in [6.45, 7) is 8.52. The van der Waals surface area contributed by atoms with E-state index in [1.54, 1.807) is 0 Å². The lowest BCUT2D eigenvalue weighted by molar-refractivity contribution is 0.668. The Hall–Kier alpha value is -5.67. The number of rotatable bonds is 4. The van der Waals surface area contributed by atoms with Gasteiger partial charge in [0.05, 0.1) is 5.71 Å². The number of hydrogen-bond donors (Lipinski definition) is 0. The average molecular weight is 596 g/mol. The summed E-state index contributed by atoms with van der Waals surface area (Å²) >= 11 is 0. The molecule has 0 atom stereocenters. The SMILES string of the molecule is C\C=C1/C=CC(c2ccc3oc4ccccc4c3c2)=C/C1=N\C(C)=C\c1cc2oc3ccccc3c2c(-c2ccccc2C)c1C. The Labute approximate surface area is 268 Å². The van der Waals surface area contributed by atoms with Crippen LogP contribution in [0.15, 0.2) is 146 Å².